The molecule has 0 radical (unpaired) electrons. The lowest BCUT2D eigenvalue weighted by atomic mass is 10.6. The summed E-state index contributed by atoms with van der Waals surface area (Å²) in [6.07, 6.45) is 2.87. The minimum absolute atomic E-state index is 0.317. The Morgan fingerprint density at radius 3 is 2.62 bits per heavy atom. The molecule has 2 heterocycles. The largest absolute Gasteiger partial charge is 0.304 e. The molecule has 0 aliphatic carbocycles. The molecule has 1 aromatic heterocycles. The molecule has 0 N–H and O–H groups in total. The molecule has 0 bridgehead atoms. The molecule has 0 spiro atoms. The van der Waals surface area contributed by atoms with Crippen molar-refractivity contribution in [2.45, 2.75) is 0 Å². The third kappa shape index (κ3) is 2.90. The fourth-order valence-corrected chi connectivity index (χ4v) is 3.54. The predicted molar refractivity (Wildman–Crippen MR) is 64.5 cm³/mol. The second-order valence-corrected chi connectivity index (χ2v) is 6.70. The highest BCUT2D eigenvalue weighted by Crippen LogP contribution is 2.14. The molecule has 5 nitrogen and oxygen atoms in total. The van der Waals surface area contributed by atoms with Gasteiger partial charge in [-0.1, -0.05) is 11.6 Å². The molecule has 0 saturated carbocycles. The summed E-state index contributed by atoms with van der Waals surface area (Å²) in [4.78, 5) is 9.99. The molecule has 0 atom stereocenters. The van der Waals surface area contributed by atoms with Gasteiger partial charge in [-0.25, -0.2) is 14.2 Å². The van der Waals surface area contributed by atoms with E-state index in [1.54, 1.807) is 0 Å². The van der Waals surface area contributed by atoms with E-state index in [9.17, 15) is 4.21 Å². The van der Waals surface area contributed by atoms with Crippen molar-refractivity contribution in [3.63, 3.8) is 0 Å². The molecule has 7 heteroatoms. The zero-order valence-corrected chi connectivity index (χ0v) is 10.5. The van der Waals surface area contributed by atoms with Gasteiger partial charge >= 0.3 is 0 Å². The molecular formula is C9H13ClN4OS. The van der Waals surface area contributed by atoms with Gasteiger partial charge in [0.15, 0.2) is 5.82 Å². The molecule has 1 fully saturated rings. The third-order valence-electron chi connectivity index (χ3n) is 2.45. The Bertz CT molecular complexity index is 467. The van der Waals surface area contributed by atoms with E-state index in [1.165, 1.54) is 12.4 Å². The summed E-state index contributed by atoms with van der Waals surface area (Å²) in [6, 6.07) is 0. The first kappa shape index (κ1) is 11.8. The maximum atomic E-state index is 12.3. The van der Waals surface area contributed by atoms with E-state index in [2.05, 4.69) is 19.2 Å². The van der Waals surface area contributed by atoms with Crippen LogP contribution in [0.15, 0.2) is 16.8 Å². The van der Waals surface area contributed by atoms with Crippen LogP contribution in [0.4, 0.5) is 5.82 Å². The van der Waals surface area contributed by atoms with Crippen LogP contribution in [0.25, 0.3) is 0 Å². The Hall–Kier alpha value is -0.720. The molecule has 0 aromatic carbocycles. The van der Waals surface area contributed by atoms with Crippen molar-refractivity contribution < 1.29 is 4.21 Å². The molecular weight excluding hydrogens is 248 g/mol. The van der Waals surface area contributed by atoms with E-state index < -0.39 is 9.73 Å². The van der Waals surface area contributed by atoms with Gasteiger partial charge in [0, 0.05) is 24.6 Å². The monoisotopic (exact) mass is 260 g/mol. The maximum absolute atomic E-state index is 12.3. The van der Waals surface area contributed by atoms with E-state index >= 15 is 0 Å². The second-order valence-electron chi connectivity index (χ2n) is 3.77. The molecule has 1 saturated heterocycles. The minimum atomic E-state index is -2.15. The molecule has 0 amide bonds. The van der Waals surface area contributed by atoms with Crippen molar-refractivity contribution in [2.24, 2.45) is 4.36 Å². The van der Waals surface area contributed by atoms with Gasteiger partial charge in [-0.15, -0.1) is 0 Å². The fourth-order valence-electron chi connectivity index (χ4n) is 1.43. The topological polar surface area (TPSA) is 58.5 Å². The lowest BCUT2D eigenvalue weighted by Gasteiger charge is -2.24. The number of hydrogen-bond donors (Lipinski definition) is 0. The number of nitrogens with zero attached hydrogens (tertiary/aromatic N) is 4. The Morgan fingerprint density at radius 1 is 1.38 bits per heavy atom. The predicted octanol–water partition coefficient (Wildman–Crippen LogP) is 1.17. The first-order valence-corrected chi connectivity index (χ1v) is 7.19. The summed E-state index contributed by atoms with van der Waals surface area (Å²) >= 11 is 5.61. The van der Waals surface area contributed by atoms with Gasteiger partial charge < -0.3 is 4.90 Å². The molecule has 1 aliphatic rings. The summed E-state index contributed by atoms with van der Waals surface area (Å²) < 4.78 is 16.5. The van der Waals surface area contributed by atoms with Crippen LogP contribution in [0.3, 0.4) is 0 Å². The smallest absolute Gasteiger partial charge is 0.180 e. The van der Waals surface area contributed by atoms with Crippen molar-refractivity contribution in [1.29, 1.82) is 0 Å². The Kier molecular flexibility index (Phi) is 3.41. The van der Waals surface area contributed by atoms with Crippen molar-refractivity contribution in [2.75, 3.05) is 31.6 Å². The standard InChI is InChI=1S/C9H13ClN4OS/c1-14-2-4-16(15,5-3-14)13-9-7-11-8(10)6-12-9/h6-7H,2-5H2,1H3. The quantitative estimate of drug-likeness (QED) is 0.761. The van der Waals surface area contributed by atoms with Crippen LogP contribution in [-0.4, -0.2) is 50.7 Å². The van der Waals surface area contributed by atoms with Crippen LogP contribution in [0.2, 0.25) is 5.15 Å². The van der Waals surface area contributed by atoms with Gasteiger partial charge in [-0.2, -0.15) is 4.36 Å². The third-order valence-corrected chi connectivity index (χ3v) is 4.81. The highest BCUT2D eigenvalue weighted by atomic mass is 35.5. The van der Waals surface area contributed by atoms with Crippen LogP contribution in [-0.2, 0) is 9.73 Å². The van der Waals surface area contributed by atoms with E-state index in [-0.39, 0.29) is 0 Å². The average Bonchev–Trinajstić information content (AvgIpc) is 2.27. The van der Waals surface area contributed by atoms with E-state index in [1.807, 2.05) is 7.05 Å². The molecule has 2 rings (SSSR count). The second kappa shape index (κ2) is 4.65. The zero-order valence-electron chi connectivity index (χ0n) is 8.97. The zero-order chi connectivity index (χ0) is 11.6. The van der Waals surface area contributed by atoms with Crippen molar-refractivity contribution in [3.8, 4) is 0 Å². The number of hydrogen-bond acceptors (Lipinski definition) is 5. The van der Waals surface area contributed by atoms with Crippen LogP contribution < -0.4 is 0 Å². The Balaban J connectivity index is 2.23. The van der Waals surface area contributed by atoms with Gasteiger partial charge in [0.1, 0.15) is 5.15 Å². The molecule has 88 valence electrons. The summed E-state index contributed by atoms with van der Waals surface area (Å²) in [5, 5.41) is 0.317. The van der Waals surface area contributed by atoms with Gasteiger partial charge in [0.05, 0.1) is 22.1 Å². The SMILES string of the molecule is CN1CCS(=O)(=Nc2cnc(Cl)cn2)CC1. The van der Waals surface area contributed by atoms with Crippen LogP contribution in [0.1, 0.15) is 0 Å². The number of aromatic nitrogens is 2. The van der Waals surface area contributed by atoms with Gasteiger partial charge in [0.2, 0.25) is 0 Å². The molecule has 1 aromatic rings. The normalized spacial score (nSPS) is 20.6. The van der Waals surface area contributed by atoms with E-state index in [0.717, 1.165) is 13.1 Å². The van der Waals surface area contributed by atoms with E-state index in [0.29, 0.717) is 22.5 Å². The Labute approximate surface area is 100 Å². The molecule has 16 heavy (non-hydrogen) atoms. The highest BCUT2D eigenvalue weighted by Gasteiger charge is 2.18. The number of halogens is 1. The van der Waals surface area contributed by atoms with Gasteiger partial charge in [-0.3, -0.25) is 0 Å². The highest BCUT2D eigenvalue weighted by molar-refractivity contribution is 7.93. The van der Waals surface area contributed by atoms with Crippen LogP contribution in [0.5, 0.6) is 0 Å². The summed E-state index contributed by atoms with van der Waals surface area (Å²) in [6.45, 7) is 1.62. The summed E-state index contributed by atoms with van der Waals surface area (Å²) in [5.41, 5.74) is 0. The summed E-state index contributed by atoms with van der Waals surface area (Å²) in [7, 11) is -0.136. The average molecular weight is 261 g/mol. The lowest BCUT2D eigenvalue weighted by molar-refractivity contribution is 0.366. The number of rotatable bonds is 1. The summed E-state index contributed by atoms with van der Waals surface area (Å²) in [5.74, 6) is 1.58. The van der Waals surface area contributed by atoms with Crippen LogP contribution >= 0.6 is 11.6 Å². The van der Waals surface area contributed by atoms with Gasteiger partial charge in [0.25, 0.3) is 0 Å². The van der Waals surface area contributed by atoms with Crippen molar-refractivity contribution in [3.05, 3.63) is 17.5 Å². The molecule has 1 aliphatic heterocycles. The van der Waals surface area contributed by atoms with E-state index in [4.69, 9.17) is 11.6 Å². The van der Waals surface area contributed by atoms with Crippen molar-refractivity contribution in [1.82, 2.24) is 14.9 Å². The fraction of sp³-hybridized carbons (Fsp3) is 0.556. The Morgan fingerprint density at radius 2 is 2.06 bits per heavy atom. The minimum Gasteiger partial charge on any atom is -0.304 e. The van der Waals surface area contributed by atoms with Crippen LogP contribution in [0, 0.1) is 0 Å². The van der Waals surface area contributed by atoms with Crippen molar-refractivity contribution >= 4 is 27.1 Å². The lowest BCUT2D eigenvalue weighted by Crippen LogP contribution is -2.37. The van der Waals surface area contributed by atoms with Gasteiger partial charge in [-0.05, 0) is 7.05 Å². The first-order valence-electron chi connectivity index (χ1n) is 4.96. The maximum Gasteiger partial charge on any atom is 0.180 e. The molecule has 0 unspecified atom stereocenters. The first-order chi connectivity index (χ1) is 7.57.